The van der Waals surface area contributed by atoms with Gasteiger partial charge in [0.2, 0.25) is 11.9 Å². The van der Waals surface area contributed by atoms with E-state index in [0.29, 0.717) is 23.0 Å². The lowest BCUT2D eigenvalue weighted by atomic mass is 10.2. The van der Waals surface area contributed by atoms with Crippen molar-refractivity contribution >= 4 is 35.0 Å². The number of anilines is 4. The van der Waals surface area contributed by atoms with Crippen LogP contribution in [0.4, 0.5) is 23.1 Å². The van der Waals surface area contributed by atoms with Crippen LogP contribution < -0.4 is 16.0 Å². The molecule has 8 nitrogen and oxygen atoms in total. The second-order valence-corrected chi connectivity index (χ2v) is 6.25. The number of benzene rings is 1. The number of nitrogens with zero attached hydrogens (tertiary/aromatic N) is 3. The van der Waals surface area contributed by atoms with Gasteiger partial charge in [-0.15, -0.1) is 0 Å². The molecule has 3 aromatic rings. The molecule has 0 aliphatic heterocycles. The molecule has 2 amide bonds. The average molecular weight is 376 g/mol. The second-order valence-electron chi connectivity index (χ2n) is 6.25. The quantitative estimate of drug-likeness (QED) is 0.629. The molecule has 0 aliphatic rings. The maximum Gasteiger partial charge on any atom is 0.255 e. The minimum atomic E-state index is -0.311. The van der Waals surface area contributed by atoms with Crippen LogP contribution in [0, 0.1) is 13.8 Å². The first-order chi connectivity index (χ1) is 13.4. The predicted octanol–water partition coefficient (Wildman–Crippen LogP) is 3.44. The van der Waals surface area contributed by atoms with E-state index in [0.717, 1.165) is 17.1 Å². The molecule has 3 rings (SSSR count). The Kier molecular flexibility index (Phi) is 5.59. The molecular formula is C20H20N6O2. The molecule has 2 aromatic heterocycles. The molecule has 142 valence electrons. The van der Waals surface area contributed by atoms with E-state index in [4.69, 9.17) is 0 Å². The molecule has 0 aliphatic carbocycles. The van der Waals surface area contributed by atoms with Gasteiger partial charge in [0.05, 0.1) is 0 Å². The number of rotatable bonds is 5. The Morgan fingerprint density at radius 3 is 2.32 bits per heavy atom. The number of nitrogens with one attached hydrogen (secondary N) is 3. The maximum atomic E-state index is 12.5. The van der Waals surface area contributed by atoms with Crippen molar-refractivity contribution in [2.24, 2.45) is 0 Å². The fourth-order valence-corrected chi connectivity index (χ4v) is 2.61. The van der Waals surface area contributed by atoms with Crippen molar-refractivity contribution in [1.29, 1.82) is 0 Å². The molecule has 0 unspecified atom stereocenters. The van der Waals surface area contributed by atoms with Crippen LogP contribution in [0.5, 0.6) is 0 Å². The van der Waals surface area contributed by atoms with Gasteiger partial charge in [0.15, 0.2) is 0 Å². The minimum Gasteiger partial charge on any atom is -0.324 e. The van der Waals surface area contributed by atoms with E-state index in [1.165, 1.54) is 19.2 Å². The Morgan fingerprint density at radius 1 is 0.893 bits per heavy atom. The smallest absolute Gasteiger partial charge is 0.255 e. The molecule has 0 fully saturated rings. The number of hydrogen-bond donors (Lipinski definition) is 3. The van der Waals surface area contributed by atoms with E-state index in [2.05, 4.69) is 30.9 Å². The Hall–Kier alpha value is -3.81. The Labute approximate surface area is 162 Å². The number of aromatic nitrogens is 3. The monoisotopic (exact) mass is 376 g/mol. The molecule has 0 atom stereocenters. The van der Waals surface area contributed by atoms with Gasteiger partial charge < -0.3 is 16.0 Å². The topological polar surface area (TPSA) is 109 Å². The van der Waals surface area contributed by atoms with Gasteiger partial charge in [-0.25, -0.2) is 15.0 Å². The third kappa shape index (κ3) is 5.10. The van der Waals surface area contributed by atoms with Crippen LogP contribution in [0.25, 0.3) is 0 Å². The van der Waals surface area contributed by atoms with Gasteiger partial charge in [0.1, 0.15) is 5.82 Å². The minimum absolute atomic E-state index is 0.252. The molecule has 3 N–H and O–H groups in total. The van der Waals surface area contributed by atoms with Gasteiger partial charge in [-0.1, -0.05) is 6.07 Å². The van der Waals surface area contributed by atoms with Crippen molar-refractivity contribution < 1.29 is 9.59 Å². The van der Waals surface area contributed by atoms with Crippen LogP contribution in [-0.2, 0) is 4.79 Å². The van der Waals surface area contributed by atoms with Gasteiger partial charge in [-0.2, -0.15) is 0 Å². The molecule has 0 radical (unpaired) electrons. The third-order valence-electron chi connectivity index (χ3n) is 3.69. The van der Waals surface area contributed by atoms with Crippen molar-refractivity contribution in [3.05, 3.63) is 65.6 Å². The third-order valence-corrected chi connectivity index (χ3v) is 3.69. The number of aryl methyl sites for hydroxylation is 2. The fourth-order valence-electron chi connectivity index (χ4n) is 2.61. The summed E-state index contributed by atoms with van der Waals surface area (Å²) >= 11 is 0. The molecule has 28 heavy (non-hydrogen) atoms. The van der Waals surface area contributed by atoms with E-state index in [1.807, 2.05) is 32.0 Å². The van der Waals surface area contributed by atoms with Gasteiger partial charge in [0, 0.05) is 41.4 Å². The number of pyridine rings is 1. The lowest BCUT2D eigenvalue weighted by Crippen LogP contribution is -2.14. The largest absolute Gasteiger partial charge is 0.324 e. The van der Waals surface area contributed by atoms with E-state index in [9.17, 15) is 9.59 Å². The molecule has 2 heterocycles. The zero-order chi connectivity index (χ0) is 20.1. The summed E-state index contributed by atoms with van der Waals surface area (Å²) in [6.45, 7) is 5.19. The van der Waals surface area contributed by atoms with Crippen LogP contribution in [-0.4, -0.2) is 26.8 Å². The molecule has 0 spiro atoms. The number of carbonyl (C=O) groups is 2. The normalized spacial score (nSPS) is 10.2. The van der Waals surface area contributed by atoms with E-state index >= 15 is 0 Å². The van der Waals surface area contributed by atoms with E-state index in [1.54, 1.807) is 18.2 Å². The van der Waals surface area contributed by atoms with Crippen molar-refractivity contribution in [1.82, 2.24) is 15.0 Å². The van der Waals surface area contributed by atoms with Crippen LogP contribution in [0.3, 0.4) is 0 Å². The van der Waals surface area contributed by atoms with Crippen LogP contribution in [0.2, 0.25) is 0 Å². The van der Waals surface area contributed by atoms with Crippen molar-refractivity contribution in [2.75, 3.05) is 16.0 Å². The highest BCUT2D eigenvalue weighted by Crippen LogP contribution is 2.19. The highest BCUT2D eigenvalue weighted by Gasteiger charge is 2.09. The lowest BCUT2D eigenvalue weighted by molar-refractivity contribution is -0.114. The van der Waals surface area contributed by atoms with Crippen molar-refractivity contribution in [2.45, 2.75) is 20.8 Å². The molecule has 1 aromatic carbocycles. The maximum absolute atomic E-state index is 12.5. The van der Waals surface area contributed by atoms with Crippen molar-refractivity contribution in [3.8, 4) is 0 Å². The van der Waals surface area contributed by atoms with Gasteiger partial charge in [0.25, 0.3) is 5.91 Å². The summed E-state index contributed by atoms with van der Waals surface area (Å²) in [4.78, 5) is 36.4. The van der Waals surface area contributed by atoms with Gasteiger partial charge in [-0.05, 0) is 50.2 Å². The van der Waals surface area contributed by atoms with E-state index in [-0.39, 0.29) is 11.8 Å². The van der Waals surface area contributed by atoms with Gasteiger partial charge >= 0.3 is 0 Å². The second kappa shape index (κ2) is 8.26. The standard InChI is InChI=1S/C20H20N6O2/c1-12-9-13(2)23-20(22-12)26-17-6-4-5-16(11-17)25-19(28)15-7-8-21-18(10-15)24-14(3)27/h4-11H,1-3H3,(H,25,28)(H,21,24,27)(H,22,23,26). The van der Waals surface area contributed by atoms with Crippen molar-refractivity contribution in [3.63, 3.8) is 0 Å². The Bertz CT molecular complexity index is 1010. The fraction of sp³-hybridized carbons (Fsp3) is 0.150. The first-order valence-electron chi connectivity index (χ1n) is 8.63. The number of carbonyl (C=O) groups excluding carboxylic acids is 2. The Morgan fingerprint density at radius 2 is 1.61 bits per heavy atom. The summed E-state index contributed by atoms with van der Waals surface area (Å²) in [6.07, 6.45) is 1.47. The lowest BCUT2D eigenvalue weighted by Gasteiger charge is -2.10. The van der Waals surface area contributed by atoms with Crippen LogP contribution >= 0.6 is 0 Å². The van der Waals surface area contributed by atoms with Crippen LogP contribution in [0.1, 0.15) is 28.7 Å². The molecular weight excluding hydrogens is 356 g/mol. The zero-order valence-electron chi connectivity index (χ0n) is 15.8. The average Bonchev–Trinajstić information content (AvgIpc) is 2.61. The van der Waals surface area contributed by atoms with Crippen LogP contribution in [0.15, 0.2) is 48.7 Å². The predicted molar refractivity (Wildman–Crippen MR) is 108 cm³/mol. The highest BCUT2D eigenvalue weighted by atomic mass is 16.2. The first-order valence-corrected chi connectivity index (χ1v) is 8.63. The molecule has 0 saturated carbocycles. The Balaban J connectivity index is 1.73. The SMILES string of the molecule is CC(=O)Nc1cc(C(=O)Nc2cccc(Nc3nc(C)cc(C)n3)c2)ccn1. The number of amides is 2. The first kappa shape index (κ1) is 19.0. The molecule has 8 heteroatoms. The summed E-state index contributed by atoms with van der Waals surface area (Å²) in [5.41, 5.74) is 3.47. The van der Waals surface area contributed by atoms with E-state index < -0.39 is 0 Å². The summed E-state index contributed by atoms with van der Waals surface area (Å²) in [5, 5.41) is 8.52. The summed E-state index contributed by atoms with van der Waals surface area (Å²) < 4.78 is 0. The zero-order valence-corrected chi connectivity index (χ0v) is 15.8. The molecule has 0 saturated heterocycles. The highest BCUT2D eigenvalue weighted by molar-refractivity contribution is 6.05. The molecule has 0 bridgehead atoms. The number of hydrogen-bond acceptors (Lipinski definition) is 6. The summed E-state index contributed by atoms with van der Waals surface area (Å²) in [5.74, 6) is 0.254. The summed E-state index contributed by atoms with van der Waals surface area (Å²) in [6, 6.07) is 12.2. The van der Waals surface area contributed by atoms with Gasteiger partial charge in [-0.3, -0.25) is 9.59 Å². The summed E-state index contributed by atoms with van der Waals surface area (Å²) in [7, 11) is 0.